The van der Waals surface area contributed by atoms with Crippen LogP contribution < -0.4 is 11.1 Å². The zero-order valence-electron chi connectivity index (χ0n) is 23.9. The summed E-state index contributed by atoms with van der Waals surface area (Å²) < 4.78 is 28.7. The van der Waals surface area contributed by atoms with E-state index in [-0.39, 0.29) is 5.82 Å². The minimum absolute atomic E-state index is 0.289. The zero-order chi connectivity index (χ0) is 29.4. The number of benzene rings is 2. The number of hydrogen-bond donors (Lipinski definition) is 3. The van der Waals surface area contributed by atoms with Gasteiger partial charge in [0.1, 0.15) is 11.6 Å². The number of nitrogens with two attached hydrogens (primary N) is 1. The lowest BCUT2D eigenvalue weighted by Crippen LogP contribution is -2.12. The van der Waals surface area contributed by atoms with Crippen LogP contribution in [0.1, 0.15) is 60.8 Å². The monoisotopic (exact) mass is 539 g/mol. The lowest BCUT2D eigenvalue weighted by Gasteiger charge is -2.15. The maximum absolute atomic E-state index is 15.2. The van der Waals surface area contributed by atoms with Gasteiger partial charge in [0.15, 0.2) is 0 Å². The van der Waals surface area contributed by atoms with E-state index in [0.29, 0.717) is 29.2 Å². The van der Waals surface area contributed by atoms with E-state index in [2.05, 4.69) is 43.9 Å². The van der Waals surface area contributed by atoms with Crippen LogP contribution in [-0.4, -0.2) is 4.98 Å². The number of H-pyrrole nitrogens is 1. The van der Waals surface area contributed by atoms with Crippen molar-refractivity contribution in [3.05, 3.63) is 149 Å². The van der Waals surface area contributed by atoms with Gasteiger partial charge in [0, 0.05) is 46.0 Å². The highest BCUT2D eigenvalue weighted by atomic mass is 19.1. The second-order valence-electron chi connectivity index (χ2n) is 10.2. The highest BCUT2D eigenvalue weighted by molar-refractivity contribution is 5.82. The lowest BCUT2D eigenvalue weighted by molar-refractivity contribution is 0.622. The first-order valence-electron chi connectivity index (χ1n) is 13.4. The van der Waals surface area contributed by atoms with Crippen LogP contribution in [0.25, 0.3) is 11.1 Å². The summed E-state index contributed by atoms with van der Waals surface area (Å²) in [6.07, 6.45) is 10.3. The summed E-state index contributed by atoms with van der Waals surface area (Å²) in [5.41, 5.74) is 14.9. The molecular formula is C35H39F2N3. The molecule has 0 spiro atoms. The molecule has 1 heterocycles. The third kappa shape index (κ3) is 7.60. The summed E-state index contributed by atoms with van der Waals surface area (Å²) in [4.78, 5) is 3.44. The Morgan fingerprint density at radius 1 is 1.07 bits per heavy atom. The molecule has 208 valence electrons. The Labute approximate surface area is 237 Å². The number of hydrogen-bond acceptors (Lipinski definition) is 2. The lowest BCUT2D eigenvalue weighted by atomic mass is 9.96. The summed E-state index contributed by atoms with van der Waals surface area (Å²) in [6.45, 7) is 19.9. The second-order valence-corrected chi connectivity index (χ2v) is 10.2. The van der Waals surface area contributed by atoms with Gasteiger partial charge in [0.2, 0.25) is 0 Å². The van der Waals surface area contributed by atoms with Crippen LogP contribution in [-0.2, 0) is 6.42 Å². The molecule has 3 aromatic rings. The topological polar surface area (TPSA) is 53.8 Å². The van der Waals surface area contributed by atoms with Crippen molar-refractivity contribution in [2.24, 2.45) is 5.92 Å². The number of aryl methyl sites for hydroxylation is 1. The minimum atomic E-state index is -0.397. The molecule has 5 heteroatoms. The maximum atomic E-state index is 15.2. The standard InChI is InChI=1S/C35H39F2N3/c1-8-11-31(26-12-14-28(36)15-13-26)32-20-30(40-24(32)7)18-27-19-33(34(37)21-35(27)38)25(9-2)17-29(10-3)39-23(6)16-22(4)5/h8-15,17,19-22,39-40H,1,3,6,16,18,38H2,2,4-5,7H3/b25-9+,29-17+,31-11-. The molecular weight excluding hydrogens is 500 g/mol. The molecule has 4 N–H and O–H groups in total. The molecule has 40 heavy (non-hydrogen) atoms. The van der Waals surface area contributed by atoms with Crippen LogP contribution in [0.15, 0.2) is 104 Å². The summed E-state index contributed by atoms with van der Waals surface area (Å²) in [7, 11) is 0. The molecule has 3 nitrogen and oxygen atoms in total. The van der Waals surface area contributed by atoms with Crippen molar-refractivity contribution in [2.45, 2.75) is 40.5 Å². The zero-order valence-corrected chi connectivity index (χ0v) is 23.9. The van der Waals surface area contributed by atoms with Crippen LogP contribution in [0, 0.1) is 24.5 Å². The van der Waals surface area contributed by atoms with Gasteiger partial charge in [-0.3, -0.25) is 0 Å². The molecule has 3 rings (SSSR count). The van der Waals surface area contributed by atoms with Crippen molar-refractivity contribution >= 4 is 16.8 Å². The maximum Gasteiger partial charge on any atom is 0.133 e. The average molecular weight is 540 g/mol. The summed E-state index contributed by atoms with van der Waals surface area (Å²) in [5, 5.41) is 3.29. The van der Waals surface area contributed by atoms with Crippen molar-refractivity contribution in [1.82, 2.24) is 10.3 Å². The number of nitrogens with one attached hydrogen (secondary N) is 2. The smallest absolute Gasteiger partial charge is 0.133 e. The largest absolute Gasteiger partial charge is 0.398 e. The molecule has 0 aliphatic heterocycles. The van der Waals surface area contributed by atoms with Gasteiger partial charge in [-0.25, -0.2) is 8.78 Å². The number of halogens is 2. The predicted molar refractivity (Wildman–Crippen MR) is 166 cm³/mol. The van der Waals surface area contributed by atoms with Gasteiger partial charge < -0.3 is 16.0 Å². The van der Waals surface area contributed by atoms with Gasteiger partial charge >= 0.3 is 0 Å². The van der Waals surface area contributed by atoms with Gasteiger partial charge in [0.05, 0.1) is 0 Å². The highest BCUT2D eigenvalue weighted by Gasteiger charge is 2.15. The van der Waals surface area contributed by atoms with Gasteiger partial charge in [-0.15, -0.1) is 0 Å². The van der Waals surface area contributed by atoms with Crippen molar-refractivity contribution in [3.63, 3.8) is 0 Å². The minimum Gasteiger partial charge on any atom is -0.398 e. The Balaban J connectivity index is 1.95. The number of allylic oxidation sites excluding steroid dienone is 7. The Hall–Kier alpha value is -4.38. The quantitative estimate of drug-likeness (QED) is 0.159. The number of rotatable bonds is 12. The average Bonchev–Trinajstić information content (AvgIpc) is 3.26. The molecule has 0 aliphatic rings. The normalized spacial score (nSPS) is 12.5. The van der Waals surface area contributed by atoms with Gasteiger partial charge in [-0.2, -0.15) is 0 Å². The summed E-state index contributed by atoms with van der Waals surface area (Å²) in [6, 6.07) is 11.6. The summed E-state index contributed by atoms with van der Waals surface area (Å²) in [5.74, 6) is -0.228. The third-order valence-corrected chi connectivity index (χ3v) is 6.54. The van der Waals surface area contributed by atoms with Gasteiger partial charge in [0.25, 0.3) is 0 Å². The molecule has 0 saturated carbocycles. The molecule has 0 unspecified atom stereocenters. The van der Waals surface area contributed by atoms with Crippen molar-refractivity contribution < 1.29 is 8.78 Å². The van der Waals surface area contributed by atoms with Crippen molar-refractivity contribution in [1.29, 1.82) is 0 Å². The highest BCUT2D eigenvalue weighted by Crippen LogP contribution is 2.31. The van der Waals surface area contributed by atoms with Crippen LogP contribution in [0.4, 0.5) is 14.5 Å². The summed E-state index contributed by atoms with van der Waals surface area (Å²) >= 11 is 0. The van der Waals surface area contributed by atoms with Crippen LogP contribution >= 0.6 is 0 Å². The SMILES string of the molecule is C=C/C=C(/c1ccc(F)cc1)c1cc(Cc2cc(C(/C=C(\C=C)NC(=C)CC(C)C)=C/C)c(F)cc2N)[nH]c1C. The molecule has 0 radical (unpaired) electrons. The fourth-order valence-corrected chi connectivity index (χ4v) is 4.68. The molecule has 2 aromatic carbocycles. The number of nitrogen functional groups attached to an aromatic ring is 1. The molecule has 0 aliphatic carbocycles. The Morgan fingerprint density at radius 3 is 2.38 bits per heavy atom. The van der Waals surface area contributed by atoms with E-state index in [1.54, 1.807) is 30.4 Å². The van der Waals surface area contributed by atoms with E-state index in [0.717, 1.165) is 51.5 Å². The van der Waals surface area contributed by atoms with Crippen LogP contribution in [0.3, 0.4) is 0 Å². The molecule has 0 amide bonds. The Bertz CT molecular complexity index is 1480. The first-order chi connectivity index (χ1) is 19.1. The molecule has 0 bridgehead atoms. The second kappa shape index (κ2) is 13.6. The van der Waals surface area contributed by atoms with E-state index in [4.69, 9.17) is 5.73 Å². The first-order valence-corrected chi connectivity index (χ1v) is 13.4. The number of anilines is 1. The first kappa shape index (κ1) is 30.2. The van der Waals surface area contributed by atoms with Crippen molar-refractivity contribution in [3.8, 4) is 0 Å². The Morgan fingerprint density at radius 2 is 1.77 bits per heavy atom. The fraction of sp³-hybridized carbons (Fsp3) is 0.200. The molecule has 0 fully saturated rings. The van der Waals surface area contributed by atoms with Crippen molar-refractivity contribution in [2.75, 3.05) is 5.73 Å². The van der Waals surface area contributed by atoms with Crippen LogP contribution in [0.5, 0.6) is 0 Å². The van der Waals surface area contributed by atoms with E-state index in [1.165, 1.54) is 18.2 Å². The third-order valence-electron chi connectivity index (χ3n) is 6.54. The van der Waals surface area contributed by atoms with E-state index in [9.17, 15) is 4.39 Å². The van der Waals surface area contributed by atoms with E-state index < -0.39 is 5.82 Å². The van der Waals surface area contributed by atoms with Gasteiger partial charge in [-0.05, 0) is 90.9 Å². The number of aromatic amines is 1. The molecule has 0 saturated heterocycles. The van der Waals surface area contributed by atoms with Gasteiger partial charge in [-0.1, -0.05) is 63.9 Å². The van der Waals surface area contributed by atoms with Crippen LogP contribution in [0.2, 0.25) is 0 Å². The fourth-order valence-electron chi connectivity index (χ4n) is 4.68. The van der Waals surface area contributed by atoms with E-state index in [1.807, 2.05) is 38.1 Å². The Kier molecular flexibility index (Phi) is 10.3. The molecule has 0 atom stereocenters. The number of aromatic nitrogens is 1. The van der Waals surface area contributed by atoms with E-state index >= 15 is 4.39 Å². The molecule has 1 aromatic heterocycles. The predicted octanol–water partition coefficient (Wildman–Crippen LogP) is 9.01.